The van der Waals surface area contributed by atoms with Gasteiger partial charge in [-0.3, -0.25) is 9.36 Å². The number of anilines is 1. The third kappa shape index (κ3) is 2.14. The van der Waals surface area contributed by atoms with Crippen molar-refractivity contribution in [3.05, 3.63) is 70.9 Å². The minimum absolute atomic E-state index is 0.0778. The summed E-state index contributed by atoms with van der Waals surface area (Å²) in [6.07, 6.45) is 0. The Balaban J connectivity index is 2.03. The van der Waals surface area contributed by atoms with Gasteiger partial charge in [0.25, 0.3) is 0 Å². The first kappa shape index (κ1) is 14.7. The quantitative estimate of drug-likeness (QED) is 0.769. The molecule has 0 aliphatic carbocycles. The molecule has 1 atom stereocenters. The molecule has 0 saturated carbocycles. The van der Waals surface area contributed by atoms with Crippen molar-refractivity contribution in [2.75, 3.05) is 5.32 Å². The van der Waals surface area contributed by atoms with Crippen molar-refractivity contribution in [3.63, 3.8) is 0 Å². The minimum atomic E-state index is -0.160. The van der Waals surface area contributed by atoms with E-state index >= 15 is 0 Å². The Kier molecular flexibility index (Phi) is 3.27. The summed E-state index contributed by atoms with van der Waals surface area (Å²) in [5.74, 6) is 0.860. The average Bonchev–Trinajstić information content (AvgIpc) is 2.92. The van der Waals surface area contributed by atoms with E-state index in [-0.39, 0.29) is 11.8 Å². The van der Waals surface area contributed by atoms with Gasteiger partial charge in [-0.1, -0.05) is 42.0 Å². The summed E-state index contributed by atoms with van der Waals surface area (Å²) in [6.45, 7) is 5.64. The van der Waals surface area contributed by atoms with Crippen LogP contribution in [0.5, 0.6) is 0 Å². The highest BCUT2D eigenvalue weighted by atomic mass is 16.1. The maximum absolute atomic E-state index is 12.4. The molecule has 3 aromatic rings. The van der Waals surface area contributed by atoms with E-state index in [0.29, 0.717) is 0 Å². The number of hydrogen-bond acceptors (Lipinski definition) is 3. The molecule has 4 heteroatoms. The van der Waals surface area contributed by atoms with Crippen molar-refractivity contribution in [3.8, 4) is 0 Å². The molecule has 0 unspecified atom stereocenters. The van der Waals surface area contributed by atoms with E-state index in [2.05, 4.69) is 41.1 Å². The van der Waals surface area contributed by atoms with Crippen LogP contribution in [0.25, 0.3) is 11.0 Å². The highest BCUT2D eigenvalue weighted by Gasteiger charge is 2.32. The zero-order chi connectivity index (χ0) is 16.8. The van der Waals surface area contributed by atoms with Crippen LogP contribution in [0.1, 0.15) is 31.0 Å². The first-order valence-corrected chi connectivity index (χ1v) is 8.08. The van der Waals surface area contributed by atoms with Crippen LogP contribution in [-0.4, -0.2) is 15.3 Å². The molecule has 0 spiro atoms. The number of benzene rings is 2. The van der Waals surface area contributed by atoms with Crippen LogP contribution in [0, 0.1) is 6.92 Å². The zero-order valence-corrected chi connectivity index (χ0v) is 14.0. The third-order valence-electron chi connectivity index (χ3n) is 4.60. The fourth-order valence-electron chi connectivity index (χ4n) is 3.48. The number of rotatable bonds is 2. The Labute approximate surface area is 140 Å². The highest BCUT2D eigenvalue weighted by molar-refractivity contribution is 5.97. The van der Waals surface area contributed by atoms with Gasteiger partial charge in [0.15, 0.2) is 5.78 Å². The lowest BCUT2D eigenvalue weighted by Gasteiger charge is -2.30. The molecule has 120 valence electrons. The Hall–Kier alpha value is -2.88. The second kappa shape index (κ2) is 5.34. The number of allylic oxidation sites excluding steroid dienone is 2. The summed E-state index contributed by atoms with van der Waals surface area (Å²) >= 11 is 0. The van der Waals surface area contributed by atoms with E-state index in [4.69, 9.17) is 4.98 Å². The Morgan fingerprint density at radius 3 is 2.50 bits per heavy atom. The van der Waals surface area contributed by atoms with Gasteiger partial charge in [0.05, 0.1) is 17.1 Å². The van der Waals surface area contributed by atoms with E-state index < -0.39 is 0 Å². The van der Waals surface area contributed by atoms with Gasteiger partial charge in [-0.15, -0.1) is 0 Å². The molecule has 0 radical (unpaired) electrons. The fraction of sp³-hybridized carbons (Fsp3) is 0.200. The molecule has 1 aromatic heterocycles. The number of aromatic nitrogens is 2. The zero-order valence-electron chi connectivity index (χ0n) is 14.0. The highest BCUT2D eigenvalue weighted by Crippen LogP contribution is 2.39. The summed E-state index contributed by atoms with van der Waals surface area (Å²) < 4.78 is 2.13. The van der Waals surface area contributed by atoms with Crippen molar-refractivity contribution in [1.82, 2.24) is 9.55 Å². The van der Waals surface area contributed by atoms with E-state index in [0.717, 1.165) is 33.8 Å². The number of imidazole rings is 1. The largest absolute Gasteiger partial charge is 0.329 e. The molecule has 0 saturated heterocycles. The number of nitrogens with one attached hydrogen (secondary N) is 1. The second-order valence-corrected chi connectivity index (χ2v) is 6.33. The first-order valence-electron chi connectivity index (χ1n) is 8.08. The van der Waals surface area contributed by atoms with Crippen LogP contribution in [0.4, 0.5) is 5.95 Å². The van der Waals surface area contributed by atoms with Crippen LogP contribution in [0.15, 0.2) is 59.8 Å². The van der Waals surface area contributed by atoms with E-state index in [9.17, 15) is 4.79 Å². The normalized spacial score (nSPS) is 16.9. The van der Waals surface area contributed by atoms with E-state index in [1.165, 1.54) is 5.56 Å². The van der Waals surface area contributed by atoms with Crippen LogP contribution < -0.4 is 5.32 Å². The van der Waals surface area contributed by atoms with Gasteiger partial charge in [-0.2, -0.15) is 0 Å². The minimum Gasteiger partial charge on any atom is -0.329 e. The van der Waals surface area contributed by atoms with Gasteiger partial charge in [0.1, 0.15) is 0 Å². The summed E-state index contributed by atoms with van der Waals surface area (Å²) in [5, 5.41) is 3.30. The summed E-state index contributed by atoms with van der Waals surface area (Å²) in [7, 11) is 0. The van der Waals surface area contributed by atoms with Crippen LogP contribution in [0.3, 0.4) is 0 Å². The SMILES string of the molecule is CC(=O)C1=C(C)Nc2nc3ccccc3n2[C@@H]1c1ccc(C)cc1. The van der Waals surface area contributed by atoms with Gasteiger partial charge in [-0.05, 0) is 38.5 Å². The van der Waals surface area contributed by atoms with E-state index in [1.807, 2.05) is 31.2 Å². The standard InChI is InChI=1S/C20H19N3O/c1-12-8-10-15(11-9-12)19-18(14(3)24)13(2)21-20-22-16-6-4-5-7-17(16)23(19)20/h4-11,19H,1-3H3,(H,21,22)/t19-/m1/s1. The van der Waals surface area contributed by atoms with Crippen molar-refractivity contribution >= 4 is 22.8 Å². The number of nitrogens with zero attached hydrogens (tertiary/aromatic N) is 2. The maximum Gasteiger partial charge on any atom is 0.209 e. The predicted molar refractivity (Wildman–Crippen MR) is 96.1 cm³/mol. The molecule has 24 heavy (non-hydrogen) atoms. The molecule has 0 bridgehead atoms. The fourth-order valence-corrected chi connectivity index (χ4v) is 3.48. The molecule has 1 aliphatic rings. The number of carbonyl (C=O) groups is 1. The molecule has 2 aromatic carbocycles. The van der Waals surface area contributed by atoms with Crippen LogP contribution in [0.2, 0.25) is 0 Å². The predicted octanol–water partition coefficient (Wildman–Crippen LogP) is 4.22. The molecular weight excluding hydrogens is 298 g/mol. The molecule has 0 fully saturated rings. The van der Waals surface area contributed by atoms with Gasteiger partial charge >= 0.3 is 0 Å². The van der Waals surface area contributed by atoms with Crippen molar-refractivity contribution in [2.24, 2.45) is 0 Å². The number of hydrogen-bond donors (Lipinski definition) is 1. The lowest BCUT2D eigenvalue weighted by Crippen LogP contribution is -2.26. The van der Waals surface area contributed by atoms with Crippen molar-refractivity contribution < 1.29 is 4.79 Å². The second-order valence-electron chi connectivity index (χ2n) is 6.33. The monoisotopic (exact) mass is 317 g/mol. The van der Waals surface area contributed by atoms with Crippen molar-refractivity contribution in [2.45, 2.75) is 26.8 Å². The molecule has 4 rings (SSSR count). The smallest absolute Gasteiger partial charge is 0.209 e. The van der Waals surface area contributed by atoms with E-state index in [1.54, 1.807) is 6.92 Å². The van der Waals surface area contributed by atoms with Crippen LogP contribution in [-0.2, 0) is 4.79 Å². The molecule has 2 heterocycles. The first-order chi connectivity index (χ1) is 11.6. The van der Waals surface area contributed by atoms with Gasteiger partial charge < -0.3 is 5.32 Å². The number of para-hydroxylation sites is 2. The van der Waals surface area contributed by atoms with Gasteiger partial charge in [-0.25, -0.2) is 4.98 Å². The Morgan fingerprint density at radius 2 is 1.79 bits per heavy atom. The molecule has 1 aliphatic heterocycles. The van der Waals surface area contributed by atoms with Crippen molar-refractivity contribution in [1.29, 1.82) is 0 Å². The Morgan fingerprint density at radius 1 is 1.08 bits per heavy atom. The van der Waals surface area contributed by atoms with Crippen LogP contribution >= 0.6 is 0 Å². The maximum atomic E-state index is 12.4. The lowest BCUT2D eigenvalue weighted by atomic mass is 9.92. The van der Waals surface area contributed by atoms with Gasteiger partial charge in [0.2, 0.25) is 5.95 Å². The average molecular weight is 317 g/mol. The lowest BCUT2D eigenvalue weighted by molar-refractivity contribution is -0.114. The molecular formula is C20H19N3O. The summed E-state index contributed by atoms with van der Waals surface area (Å²) in [5.41, 5.74) is 5.90. The number of aryl methyl sites for hydroxylation is 1. The Bertz CT molecular complexity index is 980. The van der Waals surface area contributed by atoms with Gasteiger partial charge in [0, 0.05) is 11.3 Å². The topological polar surface area (TPSA) is 46.9 Å². The third-order valence-corrected chi connectivity index (χ3v) is 4.60. The number of ketones is 1. The number of fused-ring (bicyclic) bond motifs is 3. The summed E-state index contributed by atoms with van der Waals surface area (Å²) in [4.78, 5) is 17.1. The molecule has 1 N–H and O–H groups in total. The number of carbonyl (C=O) groups excluding carboxylic acids is 1. The molecule has 0 amide bonds. The number of Topliss-reactive ketones (excluding diaryl/α,β-unsaturated/α-hetero) is 1. The summed E-state index contributed by atoms with van der Waals surface area (Å²) in [6, 6.07) is 16.2. The molecule has 4 nitrogen and oxygen atoms in total.